The van der Waals surface area contributed by atoms with Gasteiger partial charge in [0.05, 0.1) is 11.4 Å². The largest absolute Gasteiger partial charge is 0.433 e. The average molecular weight is 408 g/mol. The highest BCUT2D eigenvalue weighted by atomic mass is 19.4. The van der Waals surface area contributed by atoms with Crippen LogP contribution in [0, 0.1) is 6.92 Å². The van der Waals surface area contributed by atoms with E-state index in [0.717, 1.165) is 17.3 Å². The molecule has 0 aliphatic carbocycles. The molecule has 1 amide bonds. The number of aromatic nitrogens is 5. The molecular formula is C19H23F3N6O. The molecule has 156 valence electrons. The van der Waals surface area contributed by atoms with Crippen molar-refractivity contribution in [2.75, 3.05) is 7.05 Å². The summed E-state index contributed by atoms with van der Waals surface area (Å²) < 4.78 is 43.1. The summed E-state index contributed by atoms with van der Waals surface area (Å²) in [6.45, 7) is 7.42. The predicted octanol–water partition coefficient (Wildman–Crippen LogP) is 3.36. The summed E-state index contributed by atoms with van der Waals surface area (Å²) in [5.41, 5.74) is 0.226. The molecule has 0 aliphatic heterocycles. The highest BCUT2D eigenvalue weighted by Crippen LogP contribution is 2.32. The number of hydrogen-bond donors (Lipinski definition) is 0. The first-order valence-electron chi connectivity index (χ1n) is 9.00. The van der Waals surface area contributed by atoms with Crippen molar-refractivity contribution in [2.24, 2.45) is 7.05 Å². The van der Waals surface area contributed by atoms with E-state index in [-0.39, 0.29) is 23.6 Å². The van der Waals surface area contributed by atoms with Crippen molar-refractivity contribution in [1.29, 1.82) is 0 Å². The predicted molar refractivity (Wildman–Crippen MR) is 100 cm³/mol. The van der Waals surface area contributed by atoms with E-state index in [4.69, 9.17) is 0 Å². The molecule has 0 bridgehead atoms. The van der Waals surface area contributed by atoms with Crippen LogP contribution in [0.4, 0.5) is 13.2 Å². The van der Waals surface area contributed by atoms with Crippen LogP contribution in [0.1, 0.15) is 53.9 Å². The first kappa shape index (κ1) is 20.8. The Kier molecular flexibility index (Phi) is 4.92. The lowest BCUT2D eigenvalue weighted by molar-refractivity contribution is -0.142. The normalized spacial score (nSPS) is 12.6. The molecule has 0 aliphatic rings. The molecule has 29 heavy (non-hydrogen) atoms. The summed E-state index contributed by atoms with van der Waals surface area (Å²) in [4.78, 5) is 18.5. The Balaban J connectivity index is 2.02. The molecular weight excluding hydrogens is 385 g/mol. The van der Waals surface area contributed by atoms with Crippen molar-refractivity contribution in [3.63, 3.8) is 0 Å². The van der Waals surface area contributed by atoms with E-state index in [1.807, 2.05) is 6.92 Å². The smallest absolute Gasteiger partial charge is 0.336 e. The molecule has 0 atom stereocenters. The van der Waals surface area contributed by atoms with Crippen molar-refractivity contribution in [3.05, 3.63) is 46.7 Å². The zero-order valence-electron chi connectivity index (χ0n) is 17.2. The van der Waals surface area contributed by atoms with Crippen LogP contribution >= 0.6 is 0 Å². The topological polar surface area (TPSA) is 68.3 Å². The van der Waals surface area contributed by atoms with E-state index in [2.05, 4.69) is 15.2 Å². The van der Waals surface area contributed by atoms with Gasteiger partial charge in [0.15, 0.2) is 11.3 Å². The molecule has 0 saturated carbocycles. The molecule has 3 aromatic rings. The van der Waals surface area contributed by atoms with Crippen molar-refractivity contribution >= 4 is 11.6 Å². The Morgan fingerprint density at radius 1 is 1.17 bits per heavy atom. The Morgan fingerprint density at radius 2 is 1.83 bits per heavy atom. The molecule has 0 N–H and O–H groups in total. The third-order valence-corrected chi connectivity index (χ3v) is 4.57. The van der Waals surface area contributed by atoms with Crippen LogP contribution in [0.15, 0.2) is 18.3 Å². The fourth-order valence-corrected chi connectivity index (χ4v) is 2.99. The zero-order valence-corrected chi connectivity index (χ0v) is 17.2. The zero-order chi connectivity index (χ0) is 21.7. The molecule has 3 rings (SSSR count). The van der Waals surface area contributed by atoms with Gasteiger partial charge in [-0.2, -0.15) is 23.4 Å². The molecule has 0 spiro atoms. The molecule has 0 fully saturated rings. The maximum atomic E-state index is 13.6. The lowest BCUT2D eigenvalue weighted by Crippen LogP contribution is -2.27. The summed E-state index contributed by atoms with van der Waals surface area (Å²) in [5.74, 6) is -0.496. The maximum Gasteiger partial charge on any atom is 0.433 e. The third-order valence-electron chi connectivity index (χ3n) is 4.57. The molecule has 0 saturated heterocycles. The molecule has 3 heterocycles. The Morgan fingerprint density at radius 3 is 2.34 bits per heavy atom. The Bertz CT molecular complexity index is 1070. The molecule has 10 heteroatoms. The first-order chi connectivity index (χ1) is 13.3. The summed E-state index contributed by atoms with van der Waals surface area (Å²) >= 11 is 0. The number of carbonyl (C=O) groups excluding carboxylic acids is 1. The number of carbonyl (C=O) groups is 1. The van der Waals surface area contributed by atoms with Crippen molar-refractivity contribution in [3.8, 4) is 0 Å². The minimum absolute atomic E-state index is 0.0148. The van der Waals surface area contributed by atoms with Gasteiger partial charge in [-0.1, -0.05) is 20.8 Å². The number of nitrogens with zero attached hydrogens (tertiary/aromatic N) is 6. The van der Waals surface area contributed by atoms with Gasteiger partial charge < -0.3 is 4.90 Å². The van der Waals surface area contributed by atoms with Gasteiger partial charge in [-0.15, -0.1) is 0 Å². The van der Waals surface area contributed by atoms with Crippen LogP contribution in [0.2, 0.25) is 0 Å². The average Bonchev–Trinajstić information content (AvgIpc) is 3.14. The van der Waals surface area contributed by atoms with E-state index in [1.54, 1.807) is 45.7 Å². The summed E-state index contributed by atoms with van der Waals surface area (Å²) in [7, 11) is 3.34. The molecule has 0 unspecified atom stereocenters. The Labute approximate surface area is 166 Å². The van der Waals surface area contributed by atoms with Crippen molar-refractivity contribution in [2.45, 2.75) is 45.8 Å². The number of alkyl halides is 3. The molecule has 3 aromatic heterocycles. The van der Waals surface area contributed by atoms with Gasteiger partial charge in [-0.3, -0.25) is 9.48 Å². The maximum absolute atomic E-state index is 13.6. The van der Waals surface area contributed by atoms with Gasteiger partial charge in [0.2, 0.25) is 0 Å². The minimum atomic E-state index is -4.63. The summed E-state index contributed by atoms with van der Waals surface area (Å²) in [6.07, 6.45) is -2.84. The standard InChI is InChI=1S/C19H23F3N6O/c1-11-12(10-27(6)24-11)9-26(5)17(29)13-7-16-23-14(18(2,3)4)8-15(19(20,21)22)28(16)25-13/h7-8,10H,9H2,1-6H3. The van der Waals surface area contributed by atoms with Gasteiger partial charge in [-0.05, 0) is 13.0 Å². The fraction of sp³-hybridized carbons (Fsp3) is 0.474. The number of fused-ring (bicyclic) bond motifs is 1. The second kappa shape index (κ2) is 6.85. The molecule has 0 aromatic carbocycles. The van der Waals surface area contributed by atoms with Crippen LogP contribution in [-0.4, -0.2) is 42.2 Å². The van der Waals surface area contributed by atoms with Crippen molar-refractivity contribution in [1.82, 2.24) is 29.3 Å². The van der Waals surface area contributed by atoms with E-state index in [0.29, 0.717) is 4.52 Å². The number of halogens is 3. The third kappa shape index (κ3) is 4.10. The van der Waals surface area contributed by atoms with E-state index >= 15 is 0 Å². The van der Waals surface area contributed by atoms with Crippen LogP contribution in [0.25, 0.3) is 5.65 Å². The van der Waals surface area contributed by atoms with Crippen LogP contribution in [0.3, 0.4) is 0 Å². The lowest BCUT2D eigenvalue weighted by Gasteiger charge is -2.19. The van der Waals surface area contributed by atoms with Crippen molar-refractivity contribution < 1.29 is 18.0 Å². The van der Waals surface area contributed by atoms with Gasteiger partial charge in [-0.25, -0.2) is 9.50 Å². The van der Waals surface area contributed by atoms with E-state index < -0.39 is 23.2 Å². The van der Waals surface area contributed by atoms with Gasteiger partial charge in [0.25, 0.3) is 5.91 Å². The fourth-order valence-electron chi connectivity index (χ4n) is 2.99. The minimum Gasteiger partial charge on any atom is -0.336 e. The lowest BCUT2D eigenvalue weighted by atomic mass is 9.91. The van der Waals surface area contributed by atoms with Gasteiger partial charge >= 0.3 is 6.18 Å². The second-order valence-electron chi connectivity index (χ2n) is 8.15. The first-order valence-corrected chi connectivity index (χ1v) is 9.00. The van der Waals surface area contributed by atoms with Crippen LogP contribution < -0.4 is 0 Å². The monoisotopic (exact) mass is 408 g/mol. The molecule has 0 radical (unpaired) electrons. The second-order valence-corrected chi connectivity index (χ2v) is 8.15. The summed E-state index contributed by atoms with van der Waals surface area (Å²) in [5, 5.41) is 8.14. The molecule has 7 nitrogen and oxygen atoms in total. The number of rotatable bonds is 3. The van der Waals surface area contributed by atoms with Crippen LogP contribution in [0.5, 0.6) is 0 Å². The highest BCUT2D eigenvalue weighted by molar-refractivity contribution is 5.93. The van der Waals surface area contributed by atoms with E-state index in [9.17, 15) is 18.0 Å². The number of aryl methyl sites for hydroxylation is 2. The quantitative estimate of drug-likeness (QED) is 0.667. The number of hydrogen-bond acceptors (Lipinski definition) is 4. The number of amides is 1. The van der Waals surface area contributed by atoms with Gasteiger partial charge in [0, 0.05) is 43.9 Å². The van der Waals surface area contributed by atoms with E-state index in [1.165, 1.54) is 11.0 Å². The highest BCUT2D eigenvalue weighted by Gasteiger charge is 2.36. The summed E-state index contributed by atoms with van der Waals surface area (Å²) in [6, 6.07) is 2.27. The SMILES string of the molecule is Cc1nn(C)cc1CN(C)C(=O)c1cc2nc(C(C)(C)C)cc(C(F)(F)F)n2n1. The van der Waals surface area contributed by atoms with Gasteiger partial charge in [0.1, 0.15) is 5.69 Å². The Hall–Kier alpha value is -2.91. The van der Waals surface area contributed by atoms with Crippen LogP contribution in [-0.2, 0) is 25.2 Å².